The van der Waals surface area contributed by atoms with Crippen LogP contribution in [0.15, 0.2) is 47.3 Å². The molecule has 0 fully saturated rings. The van der Waals surface area contributed by atoms with Crippen molar-refractivity contribution in [3.8, 4) is 11.3 Å². The van der Waals surface area contributed by atoms with Crippen molar-refractivity contribution in [2.45, 2.75) is 19.6 Å². The topological polar surface area (TPSA) is 76.9 Å². The van der Waals surface area contributed by atoms with Gasteiger partial charge in [0, 0.05) is 5.56 Å². The SMILES string of the molecule is Cc1nc2c(=O)n(CC(=O)Nc3cc(C(F)(F)F)ccc3Cl)nc(-c3ccc(F)cc3)c2s1. The Balaban J connectivity index is 1.71. The third-order valence-corrected chi connectivity index (χ3v) is 5.89. The molecule has 0 aliphatic heterocycles. The largest absolute Gasteiger partial charge is 0.416 e. The fourth-order valence-corrected chi connectivity index (χ4v) is 4.18. The van der Waals surface area contributed by atoms with E-state index in [1.54, 1.807) is 6.92 Å². The van der Waals surface area contributed by atoms with Crippen molar-refractivity contribution in [3.63, 3.8) is 0 Å². The first kappa shape index (κ1) is 22.9. The molecule has 1 N–H and O–H groups in total. The zero-order valence-electron chi connectivity index (χ0n) is 16.7. The third-order valence-electron chi connectivity index (χ3n) is 4.59. The van der Waals surface area contributed by atoms with Gasteiger partial charge in [0.1, 0.15) is 18.1 Å². The quantitative estimate of drug-likeness (QED) is 0.390. The highest BCUT2D eigenvalue weighted by atomic mass is 35.5. The van der Waals surface area contributed by atoms with Crippen molar-refractivity contribution in [2.75, 3.05) is 5.32 Å². The van der Waals surface area contributed by atoms with Gasteiger partial charge in [0.2, 0.25) is 5.91 Å². The van der Waals surface area contributed by atoms with Crippen LogP contribution in [0.1, 0.15) is 10.6 Å². The molecule has 0 aliphatic carbocycles. The molecule has 170 valence electrons. The molecule has 0 saturated carbocycles. The maximum absolute atomic E-state index is 13.4. The lowest BCUT2D eigenvalue weighted by molar-refractivity contribution is -0.137. The van der Waals surface area contributed by atoms with Gasteiger partial charge in [0.05, 0.1) is 26.0 Å². The van der Waals surface area contributed by atoms with Gasteiger partial charge in [-0.05, 0) is 49.4 Å². The first-order valence-electron chi connectivity index (χ1n) is 9.34. The Labute approximate surface area is 192 Å². The molecule has 0 unspecified atom stereocenters. The minimum Gasteiger partial charge on any atom is -0.323 e. The molecule has 0 bridgehead atoms. The molecule has 2 aromatic heterocycles. The number of halogens is 5. The number of hydrogen-bond acceptors (Lipinski definition) is 5. The van der Waals surface area contributed by atoms with E-state index in [9.17, 15) is 27.2 Å². The fourth-order valence-electron chi connectivity index (χ4n) is 3.09. The van der Waals surface area contributed by atoms with E-state index in [4.69, 9.17) is 11.6 Å². The molecule has 4 aromatic rings. The molecule has 0 atom stereocenters. The predicted molar refractivity (Wildman–Crippen MR) is 117 cm³/mol. The first-order valence-corrected chi connectivity index (χ1v) is 10.5. The van der Waals surface area contributed by atoms with Crippen LogP contribution in [0.3, 0.4) is 0 Å². The predicted octanol–water partition coefficient (Wildman–Crippen LogP) is 5.28. The lowest BCUT2D eigenvalue weighted by Crippen LogP contribution is -2.30. The summed E-state index contributed by atoms with van der Waals surface area (Å²) in [5, 5.41) is 7.02. The molecule has 0 aliphatic rings. The number of nitrogens with zero attached hydrogens (tertiary/aromatic N) is 3. The maximum Gasteiger partial charge on any atom is 0.416 e. The first-order chi connectivity index (χ1) is 15.5. The molecule has 1 amide bonds. The number of aromatic nitrogens is 3. The van der Waals surface area contributed by atoms with Gasteiger partial charge in [-0.2, -0.15) is 18.3 Å². The van der Waals surface area contributed by atoms with Crippen molar-refractivity contribution < 1.29 is 22.4 Å². The van der Waals surface area contributed by atoms with E-state index >= 15 is 0 Å². The van der Waals surface area contributed by atoms with Crippen LogP contribution >= 0.6 is 22.9 Å². The summed E-state index contributed by atoms with van der Waals surface area (Å²) in [6.07, 6.45) is -4.62. The second-order valence-electron chi connectivity index (χ2n) is 6.97. The molecule has 33 heavy (non-hydrogen) atoms. The van der Waals surface area contributed by atoms with Gasteiger partial charge >= 0.3 is 6.18 Å². The molecular weight excluding hydrogens is 484 g/mol. The van der Waals surface area contributed by atoms with Crippen LogP contribution in [0.5, 0.6) is 0 Å². The van der Waals surface area contributed by atoms with Crippen molar-refractivity contribution in [1.29, 1.82) is 0 Å². The number of carbonyl (C=O) groups excluding carboxylic acids is 1. The van der Waals surface area contributed by atoms with E-state index in [0.29, 0.717) is 27.0 Å². The number of fused-ring (bicyclic) bond motifs is 1. The fraction of sp³-hybridized carbons (Fsp3) is 0.143. The number of anilines is 1. The van der Waals surface area contributed by atoms with Gasteiger partial charge in [-0.15, -0.1) is 11.3 Å². The summed E-state index contributed by atoms with van der Waals surface area (Å²) in [5.74, 6) is -1.27. The van der Waals surface area contributed by atoms with Crippen LogP contribution in [0.25, 0.3) is 21.5 Å². The van der Waals surface area contributed by atoms with Crippen molar-refractivity contribution in [1.82, 2.24) is 14.8 Å². The molecule has 2 aromatic carbocycles. The van der Waals surface area contributed by atoms with Crippen LogP contribution in [0, 0.1) is 12.7 Å². The average Bonchev–Trinajstić information content (AvgIpc) is 3.13. The number of thiazole rings is 1. The van der Waals surface area contributed by atoms with Crippen LogP contribution in [-0.4, -0.2) is 20.7 Å². The van der Waals surface area contributed by atoms with Gasteiger partial charge in [0.15, 0.2) is 5.52 Å². The number of aryl methyl sites for hydroxylation is 1. The highest BCUT2D eigenvalue weighted by Gasteiger charge is 2.31. The summed E-state index contributed by atoms with van der Waals surface area (Å²) in [7, 11) is 0. The Morgan fingerprint density at radius 2 is 1.88 bits per heavy atom. The Morgan fingerprint density at radius 3 is 2.55 bits per heavy atom. The van der Waals surface area contributed by atoms with E-state index < -0.39 is 35.6 Å². The summed E-state index contributed by atoms with van der Waals surface area (Å²) in [5.41, 5.74) is -0.994. The minimum absolute atomic E-state index is 0.0803. The van der Waals surface area contributed by atoms with Gasteiger partial charge in [0.25, 0.3) is 5.56 Å². The number of benzene rings is 2. The zero-order chi connectivity index (χ0) is 23.9. The molecule has 0 radical (unpaired) electrons. The summed E-state index contributed by atoms with van der Waals surface area (Å²) in [6, 6.07) is 7.92. The third kappa shape index (κ3) is 4.74. The van der Waals surface area contributed by atoms with Crippen molar-refractivity contribution in [2.24, 2.45) is 0 Å². The minimum atomic E-state index is -4.62. The summed E-state index contributed by atoms with van der Waals surface area (Å²) in [4.78, 5) is 29.6. The van der Waals surface area contributed by atoms with E-state index in [0.717, 1.165) is 16.8 Å². The second-order valence-corrected chi connectivity index (χ2v) is 8.58. The standard InChI is InChI=1S/C21H13ClF4N4O2S/c1-10-27-18-19(33-10)17(11-2-5-13(23)6-3-11)29-30(20(18)32)9-16(31)28-15-8-12(21(24,25)26)4-7-14(15)22/h2-8H,9H2,1H3,(H,28,31). The molecule has 6 nitrogen and oxygen atoms in total. The Kier molecular flexibility index (Phi) is 5.93. The summed E-state index contributed by atoms with van der Waals surface area (Å²) in [6.45, 7) is 1.09. The number of hydrogen-bond donors (Lipinski definition) is 1. The lowest BCUT2D eigenvalue weighted by Gasteiger charge is -2.12. The highest BCUT2D eigenvalue weighted by Crippen LogP contribution is 2.34. The summed E-state index contributed by atoms with van der Waals surface area (Å²) < 4.78 is 53.6. The molecular formula is C21H13ClF4N4O2S. The number of carbonyl (C=O) groups is 1. The van der Waals surface area contributed by atoms with Gasteiger partial charge < -0.3 is 5.32 Å². The normalized spacial score (nSPS) is 11.7. The summed E-state index contributed by atoms with van der Waals surface area (Å²) >= 11 is 7.14. The molecule has 12 heteroatoms. The van der Waals surface area contributed by atoms with E-state index in [1.165, 1.54) is 35.6 Å². The van der Waals surface area contributed by atoms with Crippen LogP contribution < -0.4 is 10.9 Å². The van der Waals surface area contributed by atoms with Crippen molar-refractivity contribution >= 4 is 44.7 Å². The Morgan fingerprint density at radius 1 is 1.18 bits per heavy atom. The Bertz CT molecular complexity index is 1430. The number of nitrogens with one attached hydrogen (secondary N) is 1. The zero-order valence-corrected chi connectivity index (χ0v) is 18.3. The number of rotatable bonds is 4. The van der Waals surface area contributed by atoms with Gasteiger partial charge in [-0.25, -0.2) is 14.1 Å². The molecule has 0 spiro atoms. The molecule has 2 heterocycles. The van der Waals surface area contributed by atoms with Crippen LogP contribution in [-0.2, 0) is 17.5 Å². The molecule has 0 saturated heterocycles. The average molecular weight is 497 g/mol. The van der Waals surface area contributed by atoms with Gasteiger partial charge in [-0.1, -0.05) is 11.6 Å². The Hall–Kier alpha value is -3.31. The van der Waals surface area contributed by atoms with E-state index in [-0.39, 0.29) is 16.2 Å². The molecule has 4 rings (SSSR count). The van der Waals surface area contributed by atoms with Crippen LogP contribution in [0.2, 0.25) is 5.02 Å². The number of alkyl halides is 3. The van der Waals surface area contributed by atoms with Crippen LogP contribution in [0.4, 0.5) is 23.2 Å². The second kappa shape index (κ2) is 8.56. The monoisotopic (exact) mass is 496 g/mol. The number of amides is 1. The van der Waals surface area contributed by atoms with Crippen molar-refractivity contribution in [3.05, 3.63) is 74.2 Å². The smallest absolute Gasteiger partial charge is 0.323 e. The maximum atomic E-state index is 13.4. The highest BCUT2D eigenvalue weighted by molar-refractivity contribution is 7.19. The van der Waals surface area contributed by atoms with E-state index in [2.05, 4.69) is 15.4 Å². The van der Waals surface area contributed by atoms with E-state index in [1.807, 2.05) is 0 Å². The lowest BCUT2D eigenvalue weighted by atomic mass is 10.1. The van der Waals surface area contributed by atoms with Gasteiger partial charge in [-0.3, -0.25) is 9.59 Å².